The summed E-state index contributed by atoms with van der Waals surface area (Å²) in [5.41, 5.74) is 1.47. The zero-order valence-electron chi connectivity index (χ0n) is 13.8. The molecule has 6 nitrogen and oxygen atoms in total. The Morgan fingerprint density at radius 1 is 1.20 bits per heavy atom. The molecule has 0 bridgehead atoms. The summed E-state index contributed by atoms with van der Waals surface area (Å²) in [6.45, 7) is 2.30. The Kier molecular flexibility index (Phi) is 4.47. The van der Waals surface area contributed by atoms with Gasteiger partial charge in [-0.15, -0.1) is 0 Å². The molecule has 0 radical (unpaired) electrons. The van der Waals surface area contributed by atoms with E-state index in [9.17, 15) is 4.39 Å². The second kappa shape index (κ2) is 7.06. The number of rotatable bonds is 4. The molecule has 0 aliphatic carbocycles. The molecule has 1 aliphatic heterocycles. The lowest BCUT2D eigenvalue weighted by molar-refractivity contribution is 0.194. The van der Waals surface area contributed by atoms with Crippen LogP contribution in [0, 0.1) is 5.82 Å². The highest BCUT2D eigenvalue weighted by Gasteiger charge is 2.24. The van der Waals surface area contributed by atoms with Crippen molar-refractivity contribution in [2.45, 2.75) is 25.3 Å². The lowest BCUT2D eigenvalue weighted by atomic mass is 9.95. The van der Waals surface area contributed by atoms with Gasteiger partial charge < -0.3 is 0 Å². The van der Waals surface area contributed by atoms with Crippen molar-refractivity contribution in [2.24, 2.45) is 0 Å². The van der Waals surface area contributed by atoms with E-state index in [4.69, 9.17) is 4.98 Å². The molecule has 0 unspecified atom stereocenters. The number of aromatic nitrogens is 5. The molecule has 1 saturated heterocycles. The minimum Gasteiger partial charge on any atom is -0.297 e. The smallest absolute Gasteiger partial charge is 0.156 e. The Balaban J connectivity index is 1.50. The second-order valence-corrected chi connectivity index (χ2v) is 6.28. The third-order valence-corrected chi connectivity index (χ3v) is 4.54. The molecule has 7 heteroatoms. The fourth-order valence-corrected chi connectivity index (χ4v) is 3.27. The van der Waals surface area contributed by atoms with Crippen LogP contribution in [-0.2, 0) is 6.54 Å². The van der Waals surface area contributed by atoms with Gasteiger partial charge in [0.15, 0.2) is 5.82 Å². The first-order valence-electron chi connectivity index (χ1n) is 8.41. The van der Waals surface area contributed by atoms with Gasteiger partial charge in [0.25, 0.3) is 0 Å². The lowest BCUT2D eigenvalue weighted by Crippen LogP contribution is -2.34. The van der Waals surface area contributed by atoms with Crippen LogP contribution in [0.1, 0.15) is 30.1 Å². The number of pyridine rings is 1. The predicted molar refractivity (Wildman–Crippen MR) is 90.6 cm³/mol. The quantitative estimate of drug-likeness (QED) is 0.732. The van der Waals surface area contributed by atoms with E-state index < -0.39 is 0 Å². The van der Waals surface area contributed by atoms with Gasteiger partial charge in [0.1, 0.15) is 12.1 Å². The lowest BCUT2D eigenvalue weighted by Gasteiger charge is -2.32. The highest BCUT2D eigenvalue weighted by molar-refractivity contribution is 5.21. The number of likely N-dealkylation sites (tertiary alicyclic amines) is 1. The number of piperidine rings is 1. The number of hydrogen-bond acceptors (Lipinski definition) is 5. The summed E-state index contributed by atoms with van der Waals surface area (Å²) in [5, 5.41) is 0. The third-order valence-electron chi connectivity index (χ3n) is 4.54. The summed E-state index contributed by atoms with van der Waals surface area (Å²) in [5.74, 6) is 0.811. The molecule has 128 valence electrons. The van der Waals surface area contributed by atoms with Crippen LogP contribution in [0.3, 0.4) is 0 Å². The Bertz CT molecular complexity index is 835. The van der Waals surface area contributed by atoms with Gasteiger partial charge >= 0.3 is 0 Å². The van der Waals surface area contributed by atoms with Gasteiger partial charge in [-0.3, -0.25) is 19.4 Å². The van der Waals surface area contributed by atoms with E-state index in [2.05, 4.69) is 19.9 Å². The van der Waals surface area contributed by atoms with E-state index in [0.29, 0.717) is 12.2 Å². The van der Waals surface area contributed by atoms with E-state index in [-0.39, 0.29) is 11.7 Å². The second-order valence-electron chi connectivity index (χ2n) is 6.28. The first-order chi connectivity index (χ1) is 12.3. The zero-order chi connectivity index (χ0) is 17.1. The van der Waals surface area contributed by atoms with Gasteiger partial charge in [-0.25, -0.2) is 14.4 Å². The summed E-state index contributed by atoms with van der Waals surface area (Å²) < 4.78 is 15.7. The van der Waals surface area contributed by atoms with Crippen LogP contribution in [-0.4, -0.2) is 42.5 Å². The fourth-order valence-electron chi connectivity index (χ4n) is 3.27. The van der Waals surface area contributed by atoms with Crippen molar-refractivity contribution in [3.63, 3.8) is 0 Å². The fraction of sp³-hybridized carbons (Fsp3) is 0.333. The zero-order valence-corrected chi connectivity index (χ0v) is 13.8. The summed E-state index contributed by atoms with van der Waals surface area (Å²) >= 11 is 0. The highest BCUT2D eigenvalue weighted by atomic mass is 19.1. The molecule has 3 aromatic heterocycles. The van der Waals surface area contributed by atoms with E-state index in [0.717, 1.165) is 37.4 Å². The van der Waals surface area contributed by atoms with Crippen molar-refractivity contribution in [3.05, 3.63) is 66.6 Å². The van der Waals surface area contributed by atoms with Crippen molar-refractivity contribution in [3.8, 4) is 5.82 Å². The van der Waals surface area contributed by atoms with Gasteiger partial charge in [0.05, 0.1) is 17.6 Å². The van der Waals surface area contributed by atoms with Gasteiger partial charge in [0.2, 0.25) is 0 Å². The maximum atomic E-state index is 13.9. The molecule has 0 spiro atoms. The van der Waals surface area contributed by atoms with Crippen LogP contribution in [0.25, 0.3) is 5.82 Å². The molecular weight excluding hydrogens is 319 g/mol. The van der Waals surface area contributed by atoms with Crippen molar-refractivity contribution in [2.75, 3.05) is 13.1 Å². The summed E-state index contributed by atoms with van der Waals surface area (Å²) in [7, 11) is 0. The van der Waals surface area contributed by atoms with Gasteiger partial charge in [-0.2, -0.15) is 0 Å². The molecule has 1 atom stereocenters. The summed E-state index contributed by atoms with van der Waals surface area (Å²) in [6.07, 6.45) is 12.6. The summed E-state index contributed by atoms with van der Waals surface area (Å²) in [6, 6.07) is 3.08. The molecule has 1 aliphatic rings. The van der Waals surface area contributed by atoms with Crippen molar-refractivity contribution in [1.82, 2.24) is 29.4 Å². The highest BCUT2D eigenvalue weighted by Crippen LogP contribution is 2.26. The Labute approximate surface area is 145 Å². The van der Waals surface area contributed by atoms with Crippen LogP contribution >= 0.6 is 0 Å². The maximum Gasteiger partial charge on any atom is 0.156 e. The molecule has 0 aromatic carbocycles. The van der Waals surface area contributed by atoms with E-state index in [1.54, 1.807) is 31.0 Å². The Morgan fingerprint density at radius 3 is 3.00 bits per heavy atom. The molecule has 0 amide bonds. The third kappa shape index (κ3) is 3.56. The van der Waals surface area contributed by atoms with E-state index in [1.165, 1.54) is 6.07 Å². The van der Waals surface area contributed by atoms with Gasteiger partial charge in [-0.05, 0) is 31.5 Å². The van der Waals surface area contributed by atoms with Crippen molar-refractivity contribution >= 4 is 0 Å². The number of halogens is 1. The molecule has 0 saturated carbocycles. The van der Waals surface area contributed by atoms with E-state index >= 15 is 0 Å². The average molecular weight is 338 g/mol. The Morgan fingerprint density at radius 2 is 2.16 bits per heavy atom. The number of hydrogen-bond donors (Lipinski definition) is 0. The van der Waals surface area contributed by atoms with Crippen LogP contribution in [0.5, 0.6) is 0 Å². The average Bonchev–Trinajstić information content (AvgIpc) is 3.19. The van der Waals surface area contributed by atoms with Gasteiger partial charge in [-0.1, -0.05) is 0 Å². The molecule has 4 heterocycles. The van der Waals surface area contributed by atoms with Crippen molar-refractivity contribution in [1.29, 1.82) is 0 Å². The van der Waals surface area contributed by atoms with Crippen LogP contribution in [0.2, 0.25) is 0 Å². The SMILES string of the molecule is Fc1cccnc1CN1CCC[C@@H](c2cncc(-n3ccnc3)n2)C1. The molecule has 4 rings (SSSR count). The molecule has 3 aromatic rings. The van der Waals surface area contributed by atoms with Gasteiger partial charge in [0, 0.05) is 43.8 Å². The van der Waals surface area contributed by atoms with Crippen molar-refractivity contribution < 1.29 is 4.39 Å². The largest absolute Gasteiger partial charge is 0.297 e. The first-order valence-corrected chi connectivity index (χ1v) is 8.41. The minimum atomic E-state index is -0.244. The van der Waals surface area contributed by atoms with E-state index in [1.807, 2.05) is 17.0 Å². The topological polar surface area (TPSA) is 59.7 Å². The molecule has 1 fully saturated rings. The first kappa shape index (κ1) is 15.8. The van der Waals surface area contributed by atoms with Crippen LogP contribution in [0.15, 0.2) is 49.4 Å². The van der Waals surface area contributed by atoms with Crippen LogP contribution in [0.4, 0.5) is 4.39 Å². The molecule has 0 N–H and O–H groups in total. The normalized spacial score (nSPS) is 18.4. The van der Waals surface area contributed by atoms with Crippen LogP contribution < -0.4 is 0 Å². The number of imidazole rings is 1. The summed E-state index contributed by atoms with van der Waals surface area (Å²) in [4.78, 5) is 19.5. The predicted octanol–water partition coefficient (Wildman–Crippen LogP) is 2.58. The standard InChI is InChI=1S/C18H19FN6/c19-15-4-1-5-22-17(15)12-24-7-2-3-14(11-24)16-9-21-10-18(23-16)25-8-6-20-13-25/h1,4-6,8-10,13-14H,2-3,7,11-12H2/t14-/m1/s1. The maximum absolute atomic E-state index is 13.9. The Hall–Kier alpha value is -2.67. The number of nitrogens with zero attached hydrogens (tertiary/aromatic N) is 6. The molecular formula is C18H19FN6. The molecule has 25 heavy (non-hydrogen) atoms. The minimum absolute atomic E-state index is 0.244. The monoisotopic (exact) mass is 338 g/mol.